The van der Waals surface area contributed by atoms with Crippen LogP contribution in [0.3, 0.4) is 0 Å². The number of para-hydroxylation sites is 2. The Hall–Kier alpha value is -4.27. The second kappa shape index (κ2) is 9.92. The summed E-state index contributed by atoms with van der Waals surface area (Å²) in [6.45, 7) is 1.22. The van der Waals surface area contributed by atoms with Gasteiger partial charge in [-0.05, 0) is 37.1 Å². The van der Waals surface area contributed by atoms with Gasteiger partial charge in [0.15, 0.2) is 11.5 Å². The third-order valence-corrected chi connectivity index (χ3v) is 6.07. The highest BCUT2D eigenvalue weighted by molar-refractivity contribution is 5.95. The monoisotopic (exact) mass is 470 g/mol. The second-order valence-electron chi connectivity index (χ2n) is 8.42. The first-order valence-electron chi connectivity index (χ1n) is 11.5. The lowest BCUT2D eigenvalue weighted by molar-refractivity contribution is 0.0704. The van der Waals surface area contributed by atoms with Crippen LogP contribution < -0.4 is 9.47 Å². The first kappa shape index (κ1) is 22.5. The molecule has 0 bridgehead atoms. The third-order valence-electron chi connectivity index (χ3n) is 6.07. The number of hydrogen-bond donors (Lipinski definition) is 0. The zero-order chi connectivity index (χ0) is 24.2. The minimum atomic E-state index is -0.0293. The molecule has 0 unspecified atom stereocenters. The van der Waals surface area contributed by atoms with Crippen LogP contribution in [0.15, 0.2) is 67.4 Å². The number of aryl methyl sites for hydroxylation is 1. The summed E-state index contributed by atoms with van der Waals surface area (Å²) >= 11 is 0. The highest BCUT2D eigenvalue weighted by Gasteiger charge is 2.29. The van der Waals surface area contributed by atoms with Crippen molar-refractivity contribution in [2.24, 2.45) is 7.05 Å². The van der Waals surface area contributed by atoms with Gasteiger partial charge in [-0.3, -0.25) is 19.4 Å². The highest BCUT2D eigenvalue weighted by atomic mass is 16.5. The van der Waals surface area contributed by atoms with Crippen molar-refractivity contribution in [1.29, 1.82) is 0 Å². The number of carbonyl (C=O) groups excluding carboxylic acids is 1. The van der Waals surface area contributed by atoms with Crippen molar-refractivity contribution in [2.75, 3.05) is 20.2 Å². The van der Waals surface area contributed by atoms with Gasteiger partial charge >= 0.3 is 0 Å². The number of ether oxygens (including phenoxy) is 2. The van der Waals surface area contributed by atoms with Gasteiger partial charge in [-0.25, -0.2) is 4.98 Å². The maximum atomic E-state index is 13.4. The van der Waals surface area contributed by atoms with E-state index in [1.807, 2.05) is 48.5 Å². The number of carbonyl (C=O) groups is 1. The molecule has 1 aliphatic heterocycles. The Morgan fingerprint density at radius 3 is 2.69 bits per heavy atom. The summed E-state index contributed by atoms with van der Waals surface area (Å²) in [4.78, 5) is 28.7. The van der Waals surface area contributed by atoms with Gasteiger partial charge in [-0.1, -0.05) is 12.1 Å². The van der Waals surface area contributed by atoms with Gasteiger partial charge in [0.2, 0.25) is 5.88 Å². The zero-order valence-corrected chi connectivity index (χ0v) is 19.7. The molecule has 1 atom stereocenters. The van der Waals surface area contributed by atoms with Crippen molar-refractivity contribution >= 4 is 5.91 Å². The minimum Gasteiger partial charge on any atom is -0.493 e. The van der Waals surface area contributed by atoms with Crippen molar-refractivity contribution in [3.8, 4) is 28.6 Å². The van der Waals surface area contributed by atoms with Crippen molar-refractivity contribution in [3.63, 3.8) is 0 Å². The molecule has 5 rings (SSSR count). The molecule has 3 aromatic heterocycles. The van der Waals surface area contributed by atoms with Crippen LogP contribution in [0.1, 0.15) is 34.8 Å². The van der Waals surface area contributed by atoms with Crippen LogP contribution in [0.4, 0.5) is 0 Å². The standard InChI is InChI=1S/C26H26N6O3/c1-31-16-20(15-30-31)21-14-18(9-10-27-21)26(33)32-13-5-6-19(17-32)24-25(29-12-11-28-24)35-23-8-4-3-7-22(23)34-2/h3-4,7-12,14-16,19H,5-6,13,17H2,1-2H3/t19-/m1/s1. The number of nitrogens with zero attached hydrogens (tertiary/aromatic N) is 6. The Labute approximate surface area is 203 Å². The molecular formula is C26H26N6O3. The van der Waals surface area contributed by atoms with Gasteiger partial charge in [0.25, 0.3) is 5.91 Å². The summed E-state index contributed by atoms with van der Waals surface area (Å²) in [7, 11) is 3.45. The van der Waals surface area contributed by atoms with Gasteiger partial charge in [0.1, 0.15) is 5.69 Å². The minimum absolute atomic E-state index is 0.00531. The molecule has 0 spiro atoms. The van der Waals surface area contributed by atoms with E-state index in [9.17, 15) is 4.79 Å². The number of piperidine rings is 1. The molecule has 0 N–H and O–H groups in total. The Balaban J connectivity index is 1.36. The van der Waals surface area contributed by atoms with Crippen LogP contribution in [-0.4, -0.2) is 55.7 Å². The van der Waals surface area contributed by atoms with E-state index in [4.69, 9.17) is 9.47 Å². The molecule has 1 amide bonds. The van der Waals surface area contributed by atoms with E-state index in [0.717, 1.165) is 29.8 Å². The van der Waals surface area contributed by atoms with E-state index in [-0.39, 0.29) is 11.8 Å². The molecule has 0 saturated carbocycles. The molecule has 1 aliphatic rings. The fourth-order valence-electron chi connectivity index (χ4n) is 4.34. The van der Waals surface area contributed by atoms with E-state index < -0.39 is 0 Å². The van der Waals surface area contributed by atoms with Gasteiger partial charge in [-0.15, -0.1) is 0 Å². The van der Waals surface area contributed by atoms with E-state index >= 15 is 0 Å². The lowest BCUT2D eigenvalue weighted by atomic mass is 9.94. The second-order valence-corrected chi connectivity index (χ2v) is 8.42. The molecule has 9 nitrogen and oxygen atoms in total. The summed E-state index contributed by atoms with van der Waals surface area (Å²) in [5.41, 5.74) is 2.93. The molecule has 4 heterocycles. The highest BCUT2D eigenvalue weighted by Crippen LogP contribution is 2.36. The Morgan fingerprint density at radius 2 is 1.89 bits per heavy atom. The summed E-state index contributed by atoms with van der Waals surface area (Å²) in [6.07, 6.45) is 10.3. The van der Waals surface area contributed by atoms with Crippen molar-refractivity contribution in [3.05, 3.63) is 78.6 Å². The molecule has 9 heteroatoms. The van der Waals surface area contributed by atoms with E-state index in [1.54, 1.807) is 42.6 Å². The van der Waals surface area contributed by atoms with E-state index in [0.29, 0.717) is 36.0 Å². The fourth-order valence-corrected chi connectivity index (χ4v) is 4.34. The Morgan fingerprint density at radius 1 is 1.06 bits per heavy atom. The van der Waals surface area contributed by atoms with Gasteiger partial charge in [0.05, 0.1) is 19.0 Å². The Bertz CT molecular complexity index is 1340. The number of pyridine rings is 1. The number of aromatic nitrogens is 5. The average molecular weight is 471 g/mol. The molecule has 1 saturated heterocycles. The molecular weight excluding hydrogens is 444 g/mol. The predicted molar refractivity (Wildman–Crippen MR) is 129 cm³/mol. The maximum Gasteiger partial charge on any atom is 0.254 e. The lowest BCUT2D eigenvalue weighted by Crippen LogP contribution is -2.39. The Kier molecular flexibility index (Phi) is 6.38. The molecule has 0 aliphatic carbocycles. The van der Waals surface area contributed by atoms with Crippen LogP contribution in [-0.2, 0) is 7.05 Å². The number of hydrogen-bond acceptors (Lipinski definition) is 7. The number of rotatable bonds is 6. The van der Waals surface area contributed by atoms with Crippen LogP contribution in [0.25, 0.3) is 11.3 Å². The fraction of sp³-hybridized carbons (Fsp3) is 0.269. The normalized spacial score (nSPS) is 15.6. The smallest absolute Gasteiger partial charge is 0.254 e. The number of amides is 1. The largest absolute Gasteiger partial charge is 0.493 e. The molecule has 4 aromatic rings. The quantitative estimate of drug-likeness (QED) is 0.419. The number of benzene rings is 1. The first-order valence-corrected chi connectivity index (χ1v) is 11.5. The van der Waals surface area contributed by atoms with Gasteiger partial charge in [-0.2, -0.15) is 5.10 Å². The average Bonchev–Trinajstić information content (AvgIpc) is 3.35. The van der Waals surface area contributed by atoms with Gasteiger partial charge < -0.3 is 14.4 Å². The zero-order valence-electron chi connectivity index (χ0n) is 19.7. The first-order chi connectivity index (χ1) is 17.1. The number of methoxy groups -OCH3 is 1. The van der Waals surface area contributed by atoms with E-state index in [2.05, 4.69) is 20.1 Å². The van der Waals surface area contributed by atoms with Crippen molar-refractivity contribution in [1.82, 2.24) is 29.6 Å². The molecule has 178 valence electrons. The lowest BCUT2D eigenvalue weighted by Gasteiger charge is -2.33. The predicted octanol–water partition coefficient (Wildman–Crippen LogP) is 4.09. The van der Waals surface area contributed by atoms with Crippen molar-refractivity contribution < 1.29 is 14.3 Å². The molecule has 35 heavy (non-hydrogen) atoms. The summed E-state index contributed by atoms with van der Waals surface area (Å²) in [5.74, 6) is 1.59. The van der Waals surface area contributed by atoms with Crippen LogP contribution >= 0.6 is 0 Å². The van der Waals surface area contributed by atoms with Crippen LogP contribution in [0, 0.1) is 0 Å². The van der Waals surface area contributed by atoms with Gasteiger partial charge in [0, 0.05) is 62.0 Å². The summed E-state index contributed by atoms with van der Waals surface area (Å²) < 4.78 is 13.2. The molecule has 0 radical (unpaired) electrons. The van der Waals surface area contributed by atoms with Crippen molar-refractivity contribution in [2.45, 2.75) is 18.8 Å². The number of likely N-dealkylation sites (tertiary alicyclic amines) is 1. The maximum absolute atomic E-state index is 13.4. The topological polar surface area (TPSA) is 95.3 Å². The van der Waals surface area contributed by atoms with Crippen LogP contribution in [0.2, 0.25) is 0 Å². The summed E-state index contributed by atoms with van der Waals surface area (Å²) in [6, 6.07) is 11.0. The molecule has 1 aromatic carbocycles. The SMILES string of the molecule is COc1ccccc1Oc1nccnc1[C@@H]1CCCN(C(=O)c2ccnc(-c3cnn(C)c3)c2)C1. The van der Waals surface area contributed by atoms with Crippen LogP contribution in [0.5, 0.6) is 17.4 Å². The summed E-state index contributed by atoms with van der Waals surface area (Å²) in [5, 5.41) is 4.20. The molecule has 1 fully saturated rings. The third kappa shape index (κ3) is 4.84. The van der Waals surface area contributed by atoms with E-state index in [1.165, 1.54) is 0 Å².